The van der Waals surface area contributed by atoms with Crippen molar-refractivity contribution in [2.24, 2.45) is 5.92 Å². The first-order chi connectivity index (χ1) is 9.79. The van der Waals surface area contributed by atoms with Crippen molar-refractivity contribution in [3.8, 4) is 0 Å². The van der Waals surface area contributed by atoms with Crippen molar-refractivity contribution >= 4 is 5.91 Å². The topological polar surface area (TPSA) is 32.3 Å². The molecule has 0 bridgehead atoms. The Morgan fingerprint density at radius 2 is 1.60 bits per heavy atom. The Morgan fingerprint density at radius 1 is 1.00 bits per heavy atom. The molecule has 0 aromatic carbocycles. The minimum absolute atomic E-state index is 0.243. The smallest absolute Gasteiger partial charge is 0.227 e. The number of nitrogens with one attached hydrogen (secondary N) is 1. The van der Waals surface area contributed by atoms with E-state index < -0.39 is 0 Å². The van der Waals surface area contributed by atoms with Crippen LogP contribution < -0.4 is 5.32 Å². The van der Waals surface area contributed by atoms with Gasteiger partial charge in [-0.3, -0.25) is 4.79 Å². The predicted octanol–water partition coefficient (Wildman–Crippen LogP) is 3.59. The van der Waals surface area contributed by atoms with Crippen LogP contribution in [0.15, 0.2) is 0 Å². The van der Waals surface area contributed by atoms with Gasteiger partial charge in [0.15, 0.2) is 0 Å². The van der Waals surface area contributed by atoms with Gasteiger partial charge >= 0.3 is 0 Å². The van der Waals surface area contributed by atoms with Gasteiger partial charge in [0.1, 0.15) is 0 Å². The first kappa shape index (κ1) is 17.5. The van der Waals surface area contributed by atoms with Crippen LogP contribution in [0.3, 0.4) is 0 Å². The van der Waals surface area contributed by atoms with Gasteiger partial charge in [-0.15, -0.1) is 0 Å². The Bertz CT molecular complexity index is 237. The van der Waals surface area contributed by atoms with E-state index in [4.69, 9.17) is 0 Å². The summed E-state index contributed by atoms with van der Waals surface area (Å²) in [6.07, 6.45) is 11.0. The predicted molar refractivity (Wildman–Crippen MR) is 85.8 cm³/mol. The van der Waals surface area contributed by atoms with Crippen molar-refractivity contribution in [1.82, 2.24) is 10.2 Å². The van der Waals surface area contributed by atoms with Gasteiger partial charge in [-0.25, -0.2) is 0 Å². The fraction of sp³-hybridized carbons (Fsp3) is 0.941. The summed E-state index contributed by atoms with van der Waals surface area (Å²) in [5.41, 5.74) is 0. The van der Waals surface area contributed by atoms with Gasteiger partial charge in [0.2, 0.25) is 5.91 Å². The molecule has 0 aromatic rings. The van der Waals surface area contributed by atoms with Crippen LogP contribution in [0.5, 0.6) is 0 Å². The van der Waals surface area contributed by atoms with Gasteiger partial charge < -0.3 is 10.2 Å². The molecular weight excluding hydrogens is 248 g/mol. The fourth-order valence-corrected chi connectivity index (χ4v) is 2.91. The molecule has 1 heterocycles. The molecule has 1 saturated heterocycles. The van der Waals surface area contributed by atoms with E-state index in [0.717, 1.165) is 32.6 Å². The second-order valence-corrected chi connectivity index (χ2v) is 6.14. The molecule has 118 valence electrons. The van der Waals surface area contributed by atoms with E-state index >= 15 is 0 Å². The number of nitrogens with zero attached hydrogens (tertiary/aromatic N) is 1. The molecule has 1 fully saturated rings. The van der Waals surface area contributed by atoms with E-state index in [1.54, 1.807) is 0 Å². The molecule has 1 aliphatic heterocycles. The van der Waals surface area contributed by atoms with Crippen molar-refractivity contribution in [1.29, 1.82) is 0 Å². The first-order valence-electron chi connectivity index (χ1n) is 8.79. The minimum atomic E-state index is 0.243. The number of hydrogen-bond donors (Lipinski definition) is 1. The van der Waals surface area contributed by atoms with E-state index in [2.05, 4.69) is 24.1 Å². The lowest BCUT2D eigenvalue weighted by molar-refractivity contribution is -0.135. The Kier molecular flexibility index (Phi) is 9.73. The van der Waals surface area contributed by atoms with Crippen molar-refractivity contribution in [3.05, 3.63) is 0 Å². The van der Waals surface area contributed by atoms with E-state index in [0.29, 0.717) is 5.91 Å². The molecular formula is C17H34N2O. The normalized spacial score (nSPS) is 18.4. The molecule has 0 saturated carbocycles. The van der Waals surface area contributed by atoms with Crippen LogP contribution >= 0.6 is 0 Å². The fourth-order valence-electron chi connectivity index (χ4n) is 2.91. The molecule has 1 unspecified atom stereocenters. The van der Waals surface area contributed by atoms with Gasteiger partial charge in [-0.2, -0.15) is 0 Å². The highest BCUT2D eigenvalue weighted by molar-refractivity contribution is 5.79. The minimum Gasteiger partial charge on any atom is -0.342 e. The van der Waals surface area contributed by atoms with E-state index in [-0.39, 0.29) is 5.92 Å². The first-order valence-corrected chi connectivity index (χ1v) is 8.79. The second-order valence-electron chi connectivity index (χ2n) is 6.14. The average molecular weight is 282 g/mol. The van der Waals surface area contributed by atoms with Crippen LogP contribution in [0, 0.1) is 5.92 Å². The molecule has 0 spiro atoms. The molecule has 1 atom stereocenters. The van der Waals surface area contributed by atoms with Gasteiger partial charge in [-0.05, 0) is 25.8 Å². The van der Waals surface area contributed by atoms with E-state index in [1.165, 1.54) is 51.4 Å². The third kappa shape index (κ3) is 6.74. The summed E-state index contributed by atoms with van der Waals surface area (Å²) >= 11 is 0. The van der Waals surface area contributed by atoms with Gasteiger partial charge in [-0.1, -0.05) is 52.4 Å². The molecule has 3 heteroatoms. The zero-order valence-corrected chi connectivity index (χ0v) is 13.6. The standard InChI is InChI=1S/C17H34N2O/c1-3-5-7-9-13-19(14-10-8-6-4-2)17(20)16-11-12-18-15-16/h16,18H,3-15H2,1-2H3. The number of hydrogen-bond acceptors (Lipinski definition) is 2. The number of carbonyl (C=O) groups is 1. The number of amides is 1. The number of unbranched alkanes of at least 4 members (excludes halogenated alkanes) is 6. The highest BCUT2D eigenvalue weighted by atomic mass is 16.2. The number of rotatable bonds is 11. The highest BCUT2D eigenvalue weighted by Crippen LogP contribution is 2.14. The van der Waals surface area contributed by atoms with Gasteiger partial charge in [0, 0.05) is 19.6 Å². The molecule has 1 amide bonds. The van der Waals surface area contributed by atoms with Crippen LogP contribution in [0.25, 0.3) is 0 Å². The van der Waals surface area contributed by atoms with Crippen molar-refractivity contribution < 1.29 is 4.79 Å². The van der Waals surface area contributed by atoms with Crippen molar-refractivity contribution in [3.63, 3.8) is 0 Å². The van der Waals surface area contributed by atoms with E-state index in [9.17, 15) is 4.79 Å². The molecule has 0 aromatic heterocycles. The monoisotopic (exact) mass is 282 g/mol. The molecule has 1 aliphatic rings. The summed E-state index contributed by atoms with van der Waals surface area (Å²) in [4.78, 5) is 14.7. The molecule has 3 nitrogen and oxygen atoms in total. The molecule has 1 rings (SSSR count). The summed E-state index contributed by atoms with van der Waals surface area (Å²) in [6.45, 7) is 8.31. The maximum absolute atomic E-state index is 12.6. The summed E-state index contributed by atoms with van der Waals surface area (Å²) in [5.74, 6) is 0.648. The zero-order valence-electron chi connectivity index (χ0n) is 13.6. The third-order valence-corrected chi connectivity index (χ3v) is 4.28. The maximum Gasteiger partial charge on any atom is 0.227 e. The Hall–Kier alpha value is -0.570. The van der Waals surface area contributed by atoms with Crippen LogP contribution in [0.4, 0.5) is 0 Å². The largest absolute Gasteiger partial charge is 0.342 e. The average Bonchev–Trinajstić information content (AvgIpc) is 2.99. The zero-order chi connectivity index (χ0) is 14.6. The summed E-state index contributed by atoms with van der Waals surface area (Å²) < 4.78 is 0. The summed E-state index contributed by atoms with van der Waals surface area (Å²) in [6, 6.07) is 0. The van der Waals surface area contributed by atoms with E-state index in [1.807, 2.05) is 0 Å². The quantitative estimate of drug-likeness (QED) is 0.587. The van der Waals surface area contributed by atoms with Crippen LogP contribution in [0.2, 0.25) is 0 Å². The molecule has 0 radical (unpaired) electrons. The third-order valence-electron chi connectivity index (χ3n) is 4.28. The number of carbonyl (C=O) groups excluding carboxylic acids is 1. The van der Waals surface area contributed by atoms with Crippen LogP contribution in [0.1, 0.15) is 71.6 Å². The van der Waals surface area contributed by atoms with Crippen molar-refractivity contribution in [2.45, 2.75) is 71.6 Å². The summed E-state index contributed by atoms with van der Waals surface area (Å²) in [5, 5.41) is 3.31. The maximum atomic E-state index is 12.6. The lowest BCUT2D eigenvalue weighted by Gasteiger charge is -2.25. The highest BCUT2D eigenvalue weighted by Gasteiger charge is 2.26. The van der Waals surface area contributed by atoms with Crippen LogP contribution in [-0.4, -0.2) is 37.0 Å². The van der Waals surface area contributed by atoms with Gasteiger partial charge in [0.05, 0.1) is 5.92 Å². The van der Waals surface area contributed by atoms with Crippen molar-refractivity contribution in [2.75, 3.05) is 26.2 Å². The molecule has 0 aliphatic carbocycles. The summed E-state index contributed by atoms with van der Waals surface area (Å²) in [7, 11) is 0. The lowest BCUT2D eigenvalue weighted by Crippen LogP contribution is -2.38. The van der Waals surface area contributed by atoms with Crippen LogP contribution in [-0.2, 0) is 4.79 Å². The van der Waals surface area contributed by atoms with Gasteiger partial charge in [0.25, 0.3) is 0 Å². The Balaban J connectivity index is 2.33. The lowest BCUT2D eigenvalue weighted by atomic mass is 10.1. The Morgan fingerprint density at radius 3 is 2.05 bits per heavy atom. The Labute approximate surface area is 125 Å². The SMILES string of the molecule is CCCCCCN(CCCCCC)C(=O)C1CCNC1. The molecule has 20 heavy (non-hydrogen) atoms. The molecule has 1 N–H and O–H groups in total. The second kappa shape index (κ2) is 11.1.